The van der Waals surface area contributed by atoms with Gasteiger partial charge >= 0.3 is 0 Å². The molecule has 0 unspecified atom stereocenters. The maximum absolute atomic E-state index is 12.4. The summed E-state index contributed by atoms with van der Waals surface area (Å²) in [6, 6.07) is 19.1. The number of carbonyl (C=O) groups is 1. The molecule has 5 heteroatoms. The molecule has 3 aromatic carbocycles. The number of rotatable bonds is 4. The first-order valence-electron chi connectivity index (χ1n) is 7.33. The topological polar surface area (TPSA) is 50.7 Å². The van der Waals surface area contributed by atoms with Crippen molar-refractivity contribution in [2.24, 2.45) is 5.10 Å². The van der Waals surface area contributed by atoms with Crippen LogP contribution in [0.2, 0.25) is 0 Å². The second-order valence-electron chi connectivity index (χ2n) is 5.15. The third-order valence-electron chi connectivity index (χ3n) is 3.54. The molecule has 1 amide bonds. The van der Waals surface area contributed by atoms with Gasteiger partial charge in [0, 0.05) is 4.47 Å². The minimum atomic E-state index is -0.316. The maximum atomic E-state index is 12.4. The van der Waals surface area contributed by atoms with Crippen molar-refractivity contribution in [1.82, 2.24) is 5.43 Å². The van der Waals surface area contributed by atoms with Crippen LogP contribution in [0.4, 0.5) is 0 Å². The van der Waals surface area contributed by atoms with Crippen molar-refractivity contribution in [3.63, 3.8) is 0 Å². The van der Waals surface area contributed by atoms with Crippen LogP contribution in [-0.4, -0.2) is 19.2 Å². The van der Waals surface area contributed by atoms with Gasteiger partial charge in [-0.1, -0.05) is 52.3 Å². The molecule has 0 atom stereocenters. The average molecular weight is 383 g/mol. The lowest BCUT2D eigenvalue weighted by atomic mass is 10.1. The van der Waals surface area contributed by atoms with E-state index in [4.69, 9.17) is 4.74 Å². The van der Waals surface area contributed by atoms with Crippen molar-refractivity contribution in [2.75, 3.05) is 7.11 Å². The van der Waals surface area contributed by atoms with Gasteiger partial charge in [0.2, 0.25) is 0 Å². The van der Waals surface area contributed by atoms with Crippen molar-refractivity contribution in [2.45, 2.75) is 0 Å². The van der Waals surface area contributed by atoms with Crippen LogP contribution in [-0.2, 0) is 0 Å². The highest BCUT2D eigenvalue weighted by Crippen LogP contribution is 2.25. The second-order valence-corrected chi connectivity index (χ2v) is 6.07. The zero-order valence-electron chi connectivity index (χ0n) is 13.0. The second kappa shape index (κ2) is 7.27. The summed E-state index contributed by atoms with van der Waals surface area (Å²) in [7, 11) is 1.55. The van der Waals surface area contributed by atoms with E-state index in [-0.39, 0.29) is 5.91 Å². The average Bonchev–Trinajstić information content (AvgIpc) is 2.60. The van der Waals surface area contributed by atoms with Gasteiger partial charge < -0.3 is 4.74 Å². The minimum Gasteiger partial charge on any atom is -0.496 e. The molecule has 120 valence electrons. The lowest BCUT2D eigenvalue weighted by molar-refractivity contribution is 0.0952. The first-order valence-corrected chi connectivity index (χ1v) is 8.12. The van der Waals surface area contributed by atoms with E-state index in [0.29, 0.717) is 11.3 Å². The molecule has 3 rings (SSSR count). The molecule has 0 aromatic heterocycles. The molecule has 1 N–H and O–H groups in total. The Morgan fingerprint density at radius 1 is 1.08 bits per heavy atom. The molecule has 0 aliphatic carbocycles. The monoisotopic (exact) mass is 382 g/mol. The van der Waals surface area contributed by atoms with Gasteiger partial charge in [-0.3, -0.25) is 4.79 Å². The molecule has 0 aliphatic heterocycles. The number of carbonyl (C=O) groups excluding carboxylic acids is 1. The molecule has 0 aliphatic rings. The van der Waals surface area contributed by atoms with Gasteiger partial charge in [-0.25, -0.2) is 5.43 Å². The van der Waals surface area contributed by atoms with Crippen LogP contribution in [0.5, 0.6) is 5.75 Å². The molecule has 3 aromatic rings. The smallest absolute Gasteiger partial charge is 0.275 e. The van der Waals surface area contributed by atoms with E-state index < -0.39 is 0 Å². The van der Waals surface area contributed by atoms with Gasteiger partial charge in [0.15, 0.2) is 0 Å². The number of ether oxygens (including phenoxy) is 1. The van der Waals surface area contributed by atoms with Crippen LogP contribution in [0.15, 0.2) is 70.2 Å². The Balaban J connectivity index is 1.83. The van der Waals surface area contributed by atoms with Crippen molar-refractivity contribution in [3.8, 4) is 5.75 Å². The Hall–Kier alpha value is -2.66. The molecule has 0 saturated carbocycles. The zero-order chi connectivity index (χ0) is 16.9. The predicted molar refractivity (Wildman–Crippen MR) is 99.7 cm³/mol. The Morgan fingerprint density at radius 2 is 1.83 bits per heavy atom. The third-order valence-corrected chi connectivity index (χ3v) is 4.03. The largest absolute Gasteiger partial charge is 0.496 e. The number of hydrogen-bond acceptors (Lipinski definition) is 3. The zero-order valence-corrected chi connectivity index (χ0v) is 14.6. The molecular formula is C19H15BrN2O2. The van der Waals surface area contributed by atoms with E-state index in [1.165, 1.54) is 0 Å². The van der Waals surface area contributed by atoms with Crippen LogP contribution in [0.1, 0.15) is 15.9 Å². The van der Waals surface area contributed by atoms with Gasteiger partial charge in [-0.15, -0.1) is 0 Å². The first kappa shape index (κ1) is 16.2. The lowest BCUT2D eigenvalue weighted by Crippen LogP contribution is -2.18. The normalized spacial score (nSPS) is 10.9. The Morgan fingerprint density at radius 3 is 2.54 bits per heavy atom. The molecule has 0 saturated heterocycles. The summed E-state index contributed by atoms with van der Waals surface area (Å²) in [5, 5.41) is 6.00. The standard InChI is InChI=1S/C19H15BrN2O2/c1-24-18-11-15-7-3-2-6-14(15)10-17(18)19(23)22-21-12-13-5-4-8-16(20)9-13/h2-12H,1H3,(H,22,23)/b21-12+. The number of nitrogens with one attached hydrogen (secondary N) is 1. The molecule has 0 heterocycles. The molecular weight excluding hydrogens is 368 g/mol. The molecule has 24 heavy (non-hydrogen) atoms. The third kappa shape index (κ3) is 3.63. The number of halogens is 1. The van der Waals surface area contributed by atoms with Crippen LogP contribution < -0.4 is 10.2 Å². The number of methoxy groups -OCH3 is 1. The van der Waals surface area contributed by atoms with E-state index in [1.807, 2.05) is 54.6 Å². The number of amides is 1. The number of nitrogens with zero attached hydrogens (tertiary/aromatic N) is 1. The van der Waals surface area contributed by atoms with Gasteiger partial charge in [-0.05, 0) is 40.6 Å². The molecule has 4 nitrogen and oxygen atoms in total. The summed E-state index contributed by atoms with van der Waals surface area (Å²) in [5.74, 6) is 0.202. The van der Waals surface area contributed by atoms with Crippen LogP contribution in [0.25, 0.3) is 10.8 Å². The summed E-state index contributed by atoms with van der Waals surface area (Å²) in [4.78, 5) is 12.4. The summed E-state index contributed by atoms with van der Waals surface area (Å²) in [6.07, 6.45) is 1.59. The molecule has 0 bridgehead atoms. The lowest BCUT2D eigenvalue weighted by Gasteiger charge is -2.09. The summed E-state index contributed by atoms with van der Waals surface area (Å²) in [6.45, 7) is 0. The predicted octanol–water partition coefficient (Wildman–Crippen LogP) is 4.37. The highest BCUT2D eigenvalue weighted by Gasteiger charge is 2.13. The Kier molecular flexibility index (Phi) is 4.91. The molecule has 0 radical (unpaired) electrons. The fourth-order valence-electron chi connectivity index (χ4n) is 2.38. The summed E-state index contributed by atoms with van der Waals surface area (Å²) >= 11 is 3.40. The number of fused-ring (bicyclic) bond motifs is 1. The van der Waals surface area contributed by atoms with E-state index in [1.54, 1.807) is 19.4 Å². The number of hydrazone groups is 1. The van der Waals surface area contributed by atoms with E-state index in [2.05, 4.69) is 26.5 Å². The fraction of sp³-hybridized carbons (Fsp3) is 0.0526. The van der Waals surface area contributed by atoms with Crippen molar-refractivity contribution in [3.05, 3.63) is 76.3 Å². The molecule has 0 spiro atoms. The fourth-order valence-corrected chi connectivity index (χ4v) is 2.80. The van der Waals surface area contributed by atoms with E-state index in [0.717, 1.165) is 20.8 Å². The quantitative estimate of drug-likeness (QED) is 0.537. The van der Waals surface area contributed by atoms with Gasteiger partial charge in [0.25, 0.3) is 5.91 Å². The van der Waals surface area contributed by atoms with E-state index >= 15 is 0 Å². The molecule has 0 fully saturated rings. The number of benzene rings is 3. The van der Waals surface area contributed by atoms with Crippen molar-refractivity contribution >= 4 is 38.8 Å². The van der Waals surface area contributed by atoms with E-state index in [9.17, 15) is 4.79 Å². The maximum Gasteiger partial charge on any atom is 0.275 e. The van der Waals surface area contributed by atoms with Gasteiger partial charge in [0.1, 0.15) is 5.75 Å². The number of hydrogen-bond donors (Lipinski definition) is 1. The summed E-state index contributed by atoms with van der Waals surface area (Å²) in [5.41, 5.74) is 3.87. The van der Waals surface area contributed by atoms with Gasteiger partial charge in [0.05, 0.1) is 18.9 Å². The first-order chi connectivity index (χ1) is 11.7. The Labute approximate surface area is 148 Å². The van der Waals surface area contributed by atoms with Crippen LogP contribution >= 0.6 is 15.9 Å². The summed E-state index contributed by atoms with van der Waals surface area (Å²) < 4.78 is 6.29. The SMILES string of the molecule is COc1cc2ccccc2cc1C(=O)N/N=C/c1cccc(Br)c1. The highest BCUT2D eigenvalue weighted by molar-refractivity contribution is 9.10. The van der Waals surface area contributed by atoms with Crippen LogP contribution in [0.3, 0.4) is 0 Å². The highest BCUT2D eigenvalue weighted by atomic mass is 79.9. The van der Waals surface area contributed by atoms with Crippen LogP contribution in [0, 0.1) is 0 Å². The van der Waals surface area contributed by atoms with Gasteiger partial charge in [-0.2, -0.15) is 5.10 Å². The Bertz CT molecular complexity index is 922. The minimum absolute atomic E-state index is 0.316. The van der Waals surface area contributed by atoms with Crippen molar-refractivity contribution in [1.29, 1.82) is 0 Å². The van der Waals surface area contributed by atoms with Crippen molar-refractivity contribution < 1.29 is 9.53 Å².